The molecule has 2 heterocycles. The van der Waals surface area contributed by atoms with E-state index in [0.29, 0.717) is 28.9 Å². The molecule has 1 aromatic heterocycles. The van der Waals surface area contributed by atoms with Crippen LogP contribution in [0, 0.1) is 5.82 Å². The summed E-state index contributed by atoms with van der Waals surface area (Å²) in [5, 5.41) is 5.61. The number of fused-ring (bicyclic) bond motifs is 1. The second kappa shape index (κ2) is 11.8. The van der Waals surface area contributed by atoms with Crippen LogP contribution in [-0.2, 0) is 4.79 Å². The van der Waals surface area contributed by atoms with Crippen LogP contribution in [0.15, 0.2) is 48.8 Å². The molecule has 4 rings (SSSR count). The number of carbonyl (C=O) groups is 2. The Morgan fingerprint density at radius 3 is 2.69 bits per heavy atom. The van der Waals surface area contributed by atoms with Gasteiger partial charge < -0.3 is 14.8 Å². The van der Waals surface area contributed by atoms with E-state index in [1.54, 1.807) is 12.1 Å². The van der Waals surface area contributed by atoms with Crippen LogP contribution in [0.1, 0.15) is 19.3 Å². The van der Waals surface area contributed by atoms with Gasteiger partial charge in [0.1, 0.15) is 29.5 Å². The molecular formula is C25H25ClFN5O4. The van der Waals surface area contributed by atoms with Crippen LogP contribution in [0.5, 0.6) is 11.5 Å². The van der Waals surface area contributed by atoms with Crippen LogP contribution in [0.2, 0.25) is 5.02 Å². The first-order valence-corrected chi connectivity index (χ1v) is 11.8. The van der Waals surface area contributed by atoms with E-state index in [2.05, 4.69) is 25.5 Å². The first kappa shape index (κ1) is 25.3. The number of halogens is 2. The maximum absolute atomic E-state index is 13.4. The van der Waals surface area contributed by atoms with Crippen molar-refractivity contribution in [1.29, 1.82) is 0 Å². The van der Waals surface area contributed by atoms with Gasteiger partial charge in [-0.2, -0.15) is 0 Å². The van der Waals surface area contributed by atoms with E-state index in [1.165, 1.54) is 50.9 Å². The summed E-state index contributed by atoms with van der Waals surface area (Å²) in [7, 11) is 1.48. The number of nitrogens with zero attached hydrogens (tertiary/aromatic N) is 3. The topological polar surface area (TPSA) is 106 Å². The van der Waals surface area contributed by atoms with Crippen molar-refractivity contribution < 1.29 is 23.5 Å². The van der Waals surface area contributed by atoms with Crippen molar-refractivity contribution in [2.45, 2.75) is 19.3 Å². The van der Waals surface area contributed by atoms with Crippen LogP contribution in [0.25, 0.3) is 10.9 Å². The second-order valence-electron chi connectivity index (χ2n) is 8.14. The molecule has 0 bridgehead atoms. The third kappa shape index (κ3) is 6.46. The number of aromatic nitrogens is 2. The number of nitrogens with one attached hydrogen (secondary N) is 2. The third-order valence-corrected chi connectivity index (χ3v) is 5.91. The molecule has 3 aromatic rings. The zero-order chi connectivity index (χ0) is 25.5. The number of anilines is 2. The summed E-state index contributed by atoms with van der Waals surface area (Å²) in [4.78, 5) is 35.6. The van der Waals surface area contributed by atoms with Crippen LogP contribution < -0.4 is 20.1 Å². The fourth-order valence-corrected chi connectivity index (χ4v) is 4.02. The van der Waals surface area contributed by atoms with Gasteiger partial charge in [0.2, 0.25) is 5.91 Å². The molecule has 1 aliphatic heterocycles. The highest BCUT2D eigenvalue weighted by Crippen LogP contribution is 2.32. The molecule has 0 radical (unpaired) electrons. The quantitative estimate of drug-likeness (QED) is 0.427. The first-order valence-electron chi connectivity index (χ1n) is 11.4. The van der Waals surface area contributed by atoms with Crippen molar-refractivity contribution >= 4 is 46.0 Å². The van der Waals surface area contributed by atoms with Gasteiger partial charge in [-0.3, -0.25) is 15.0 Å². The maximum Gasteiger partial charge on any atom is 0.418 e. The van der Waals surface area contributed by atoms with Crippen molar-refractivity contribution in [1.82, 2.24) is 14.9 Å². The van der Waals surface area contributed by atoms with Gasteiger partial charge in [-0.15, -0.1) is 0 Å². The normalized spacial score (nSPS) is 14.1. The lowest BCUT2D eigenvalue weighted by Crippen LogP contribution is -2.29. The van der Waals surface area contributed by atoms with Crippen molar-refractivity contribution in [3.05, 3.63) is 59.7 Å². The average molecular weight is 514 g/mol. The monoisotopic (exact) mass is 513 g/mol. The van der Waals surface area contributed by atoms with Crippen molar-refractivity contribution in [2.24, 2.45) is 0 Å². The Hall–Kier alpha value is -3.76. The predicted molar refractivity (Wildman–Crippen MR) is 135 cm³/mol. The molecule has 2 aromatic carbocycles. The van der Waals surface area contributed by atoms with E-state index in [1.807, 2.05) is 6.08 Å². The second-order valence-corrected chi connectivity index (χ2v) is 8.54. The number of benzene rings is 2. The third-order valence-electron chi connectivity index (χ3n) is 5.62. The summed E-state index contributed by atoms with van der Waals surface area (Å²) >= 11 is 5.73. The highest BCUT2D eigenvalue weighted by Gasteiger charge is 2.15. The van der Waals surface area contributed by atoms with E-state index in [0.717, 1.165) is 19.2 Å². The molecule has 188 valence electrons. The Morgan fingerprint density at radius 1 is 1.14 bits per heavy atom. The van der Waals surface area contributed by atoms with E-state index in [4.69, 9.17) is 21.1 Å². The summed E-state index contributed by atoms with van der Waals surface area (Å²) in [6.45, 7) is 2.79. The first-order chi connectivity index (χ1) is 17.4. The largest absolute Gasteiger partial charge is 0.494 e. The SMILES string of the molecule is COc1cc2ncnc(NC(=O)Oc3ccc(F)c(Cl)c3)c2cc1NC(=O)/C=C/CN1CCCCC1. The molecule has 0 unspecified atom stereocenters. The molecule has 0 spiro atoms. The predicted octanol–water partition coefficient (Wildman–Crippen LogP) is 5.02. The van der Waals surface area contributed by atoms with Gasteiger partial charge in [-0.25, -0.2) is 19.2 Å². The number of hydrogen-bond donors (Lipinski definition) is 2. The zero-order valence-corrected chi connectivity index (χ0v) is 20.3. The number of methoxy groups -OCH3 is 1. The molecule has 36 heavy (non-hydrogen) atoms. The zero-order valence-electron chi connectivity index (χ0n) is 19.6. The molecule has 0 aliphatic carbocycles. The van der Waals surface area contributed by atoms with E-state index in [9.17, 15) is 14.0 Å². The molecule has 0 saturated carbocycles. The van der Waals surface area contributed by atoms with Crippen molar-refractivity contribution in [3.8, 4) is 11.5 Å². The standard InChI is InChI=1S/C25H25ClFN5O4/c1-35-22-14-20-17(13-21(22)30-23(33)6-5-11-32-9-3-2-4-10-32)24(29-15-28-20)31-25(34)36-16-7-8-19(27)18(26)12-16/h5-8,12-15H,2-4,9-11H2,1H3,(H,30,33)(H,28,29,31,34)/b6-5+. The van der Waals surface area contributed by atoms with Gasteiger partial charge in [-0.05, 0) is 44.1 Å². The van der Waals surface area contributed by atoms with Crippen LogP contribution in [0.3, 0.4) is 0 Å². The number of amides is 2. The average Bonchev–Trinajstić information content (AvgIpc) is 2.87. The van der Waals surface area contributed by atoms with Gasteiger partial charge in [0.25, 0.3) is 0 Å². The Morgan fingerprint density at radius 2 is 1.94 bits per heavy atom. The minimum absolute atomic E-state index is 0.0585. The smallest absolute Gasteiger partial charge is 0.418 e. The highest BCUT2D eigenvalue weighted by molar-refractivity contribution is 6.30. The minimum Gasteiger partial charge on any atom is -0.494 e. The number of hydrogen-bond acceptors (Lipinski definition) is 7. The summed E-state index contributed by atoms with van der Waals surface area (Å²) in [5.74, 6) is -0.339. The number of piperidine rings is 1. The van der Waals surface area contributed by atoms with Gasteiger partial charge in [0, 0.05) is 30.1 Å². The molecule has 1 aliphatic rings. The molecule has 1 fully saturated rings. The molecule has 2 N–H and O–H groups in total. The van der Waals surface area contributed by atoms with Crippen molar-refractivity contribution in [2.75, 3.05) is 37.4 Å². The molecule has 0 atom stereocenters. The van der Waals surface area contributed by atoms with E-state index in [-0.39, 0.29) is 22.5 Å². The minimum atomic E-state index is -0.861. The lowest BCUT2D eigenvalue weighted by molar-refractivity contribution is -0.111. The number of rotatable bonds is 7. The number of carbonyl (C=O) groups excluding carboxylic acids is 2. The van der Waals surface area contributed by atoms with Crippen LogP contribution in [-0.4, -0.2) is 53.6 Å². The van der Waals surface area contributed by atoms with E-state index >= 15 is 0 Å². The summed E-state index contributed by atoms with van der Waals surface area (Å²) < 4.78 is 23.9. The van der Waals surface area contributed by atoms with E-state index < -0.39 is 11.9 Å². The highest BCUT2D eigenvalue weighted by atomic mass is 35.5. The summed E-state index contributed by atoms with van der Waals surface area (Å²) in [6, 6.07) is 6.78. The Bertz CT molecular complexity index is 1300. The maximum atomic E-state index is 13.4. The molecule has 1 saturated heterocycles. The van der Waals surface area contributed by atoms with Crippen LogP contribution in [0.4, 0.5) is 20.7 Å². The van der Waals surface area contributed by atoms with Gasteiger partial charge in [-0.1, -0.05) is 24.1 Å². The van der Waals surface area contributed by atoms with Gasteiger partial charge in [0.05, 0.1) is 23.3 Å². The van der Waals surface area contributed by atoms with Gasteiger partial charge >= 0.3 is 6.09 Å². The fourth-order valence-electron chi connectivity index (χ4n) is 3.84. The Labute approximate surface area is 212 Å². The lowest BCUT2D eigenvalue weighted by Gasteiger charge is -2.24. The number of ether oxygens (including phenoxy) is 2. The van der Waals surface area contributed by atoms with Crippen LogP contribution >= 0.6 is 11.6 Å². The van der Waals surface area contributed by atoms with Gasteiger partial charge in [0.15, 0.2) is 0 Å². The molecule has 9 nitrogen and oxygen atoms in total. The fraction of sp³-hybridized carbons (Fsp3) is 0.280. The van der Waals surface area contributed by atoms with Crippen molar-refractivity contribution in [3.63, 3.8) is 0 Å². The summed E-state index contributed by atoms with van der Waals surface area (Å²) in [6.07, 6.45) is 7.34. The molecular weight excluding hydrogens is 489 g/mol. The lowest BCUT2D eigenvalue weighted by atomic mass is 10.1. The number of likely N-dealkylation sites (tertiary alicyclic amines) is 1. The summed E-state index contributed by atoms with van der Waals surface area (Å²) in [5.41, 5.74) is 0.856. The molecule has 11 heteroatoms. The Balaban J connectivity index is 1.49. The molecule has 2 amide bonds. The Kier molecular flexibility index (Phi) is 8.29.